The summed E-state index contributed by atoms with van der Waals surface area (Å²) in [7, 11) is 0. The molecule has 0 unspecified atom stereocenters. The van der Waals surface area contributed by atoms with E-state index in [4.69, 9.17) is 4.74 Å². The Morgan fingerprint density at radius 3 is 2.44 bits per heavy atom. The molecular weight excluding hydrogens is 508 g/mol. The lowest BCUT2D eigenvalue weighted by Crippen LogP contribution is -2.65. The van der Waals surface area contributed by atoms with Crippen LogP contribution < -0.4 is 4.90 Å². The van der Waals surface area contributed by atoms with Gasteiger partial charge in [-0.05, 0) is 46.1 Å². The molecule has 0 N–H and O–H groups in total. The number of benzene rings is 2. The smallest absolute Gasteiger partial charge is 0.415 e. The number of para-hydroxylation sites is 1. The van der Waals surface area contributed by atoms with Crippen LogP contribution in [0.5, 0.6) is 0 Å². The predicted octanol–water partition coefficient (Wildman–Crippen LogP) is 6.90. The molecule has 6 rings (SSSR count). The lowest BCUT2D eigenvalue weighted by atomic mass is 9.83. The van der Waals surface area contributed by atoms with Crippen molar-refractivity contribution >= 4 is 39.0 Å². The van der Waals surface area contributed by atoms with E-state index in [0.29, 0.717) is 12.5 Å². The van der Waals surface area contributed by atoms with Gasteiger partial charge >= 0.3 is 6.09 Å². The number of thiophene rings is 1. The van der Waals surface area contributed by atoms with Gasteiger partial charge in [0.15, 0.2) is 6.10 Å². The fourth-order valence-corrected chi connectivity index (χ4v) is 7.03. The summed E-state index contributed by atoms with van der Waals surface area (Å²) in [5, 5.41) is 2.06. The average Bonchev–Trinajstić information content (AvgIpc) is 3.29. The van der Waals surface area contributed by atoms with Crippen LogP contribution in [0, 0.1) is 5.92 Å². The Kier molecular flexibility index (Phi) is 7.37. The van der Waals surface area contributed by atoms with Crippen molar-refractivity contribution in [3.63, 3.8) is 0 Å². The van der Waals surface area contributed by atoms with Crippen molar-refractivity contribution in [1.29, 1.82) is 0 Å². The predicted molar refractivity (Wildman–Crippen MR) is 142 cm³/mol. The molecule has 1 atom stereocenters. The van der Waals surface area contributed by atoms with Gasteiger partial charge in [0.2, 0.25) is 0 Å². The monoisotopic (exact) mass is 539 g/mol. The number of anilines is 1. The van der Waals surface area contributed by atoms with Crippen LogP contribution in [0.25, 0.3) is 0 Å². The number of halogens is 1. The Hall–Kier alpha value is -2.15. The summed E-state index contributed by atoms with van der Waals surface area (Å²) < 4.78 is 8.43. The minimum Gasteiger partial charge on any atom is -0.440 e. The molecule has 3 saturated heterocycles. The van der Waals surface area contributed by atoms with Crippen LogP contribution in [-0.2, 0) is 17.7 Å². The Morgan fingerprint density at radius 1 is 1.06 bits per heavy atom. The quantitative estimate of drug-likeness (QED) is 0.291. The highest BCUT2D eigenvalue weighted by atomic mass is 79.9. The van der Waals surface area contributed by atoms with E-state index >= 15 is 0 Å². The number of nitrogens with zero attached hydrogens (tertiary/aromatic N) is 2. The van der Waals surface area contributed by atoms with Crippen LogP contribution in [0.15, 0.2) is 76.6 Å². The first-order valence-corrected chi connectivity index (χ1v) is 13.9. The zero-order valence-corrected chi connectivity index (χ0v) is 21.8. The van der Waals surface area contributed by atoms with Gasteiger partial charge in [-0.2, -0.15) is 0 Å². The van der Waals surface area contributed by atoms with Gasteiger partial charge in [0.1, 0.15) is 6.54 Å². The Labute approximate surface area is 214 Å². The number of piperidine rings is 3. The maximum Gasteiger partial charge on any atom is 0.415 e. The Morgan fingerprint density at radius 2 is 1.76 bits per heavy atom. The van der Waals surface area contributed by atoms with Gasteiger partial charge in [-0.1, -0.05) is 48.5 Å². The number of hydrogen-bond acceptors (Lipinski definition) is 3. The van der Waals surface area contributed by atoms with Crippen molar-refractivity contribution in [2.45, 2.75) is 38.3 Å². The number of rotatable bonds is 8. The SMILES string of the molecule is O=C(O[C@H]1C[N+]2(CCCc3ccccc3)CCC1CC2)N(Cc1cc(Br)cs1)c1ccccc1. The third kappa shape index (κ3) is 5.56. The van der Waals surface area contributed by atoms with E-state index in [-0.39, 0.29) is 12.2 Å². The van der Waals surface area contributed by atoms with E-state index in [1.165, 1.54) is 31.6 Å². The van der Waals surface area contributed by atoms with Crippen LogP contribution in [0.4, 0.5) is 10.5 Å². The minimum atomic E-state index is -0.225. The van der Waals surface area contributed by atoms with Gasteiger partial charge in [-0.25, -0.2) is 4.79 Å². The van der Waals surface area contributed by atoms with E-state index in [1.807, 2.05) is 30.3 Å². The molecular formula is C28H32BrN2O2S+. The van der Waals surface area contributed by atoms with Crippen LogP contribution in [-0.4, -0.2) is 42.9 Å². The molecule has 3 aromatic rings. The number of carbonyl (C=O) groups is 1. The van der Waals surface area contributed by atoms with Crippen molar-refractivity contribution in [3.8, 4) is 0 Å². The summed E-state index contributed by atoms with van der Waals surface area (Å²) in [6.07, 6.45) is 4.40. The van der Waals surface area contributed by atoms with E-state index in [2.05, 4.69) is 57.7 Å². The summed E-state index contributed by atoms with van der Waals surface area (Å²) in [6, 6.07) is 22.7. The maximum atomic E-state index is 13.5. The molecule has 0 aliphatic carbocycles. The molecule has 178 valence electrons. The molecule has 3 fully saturated rings. The molecule has 0 radical (unpaired) electrons. The fourth-order valence-electron chi connectivity index (χ4n) is 5.59. The van der Waals surface area contributed by atoms with Crippen LogP contribution in [0.3, 0.4) is 0 Å². The highest BCUT2D eigenvalue weighted by Gasteiger charge is 2.47. The minimum absolute atomic E-state index is 0.00742. The molecule has 2 bridgehead atoms. The van der Waals surface area contributed by atoms with Gasteiger partial charge in [0.05, 0.1) is 26.2 Å². The van der Waals surface area contributed by atoms with Crippen molar-refractivity contribution in [3.05, 3.63) is 87.0 Å². The van der Waals surface area contributed by atoms with Gasteiger partial charge in [0.25, 0.3) is 0 Å². The summed E-state index contributed by atoms with van der Waals surface area (Å²) in [5.41, 5.74) is 2.29. The van der Waals surface area contributed by atoms with E-state index in [9.17, 15) is 4.79 Å². The number of fused-ring (bicyclic) bond motifs is 3. The summed E-state index contributed by atoms with van der Waals surface area (Å²) >= 11 is 5.19. The lowest BCUT2D eigenvalue weighted by molar-refractivity contribution is -0.946. The molecule has 34 heavy (non-hydrogen) atoms. The number of quaternary nitrogens is 1. The molecule has 4 nitrogen and oxygen atoms in total. The molecule has 3 aliphatic heterocycles. The van der Waals surface area contributed by atoms with Crippen molar-refractivity contribution in [1.82, 2.24) is 0 Å². The van der Waals surface area contributed by atoms with Gasteiger partial charge in [-0.3, -0.25) is 4.90 Å². The van der Waals surface area contributed by atoms with Gasteiger partial charge in [-0.15, -0.1) is 11.3 Å². The van der Waals surface area contributed by atoms with Crippen LogP contribution >= 0.6 is 27.3 Å². The third-order valence-corrected chi connectivity index (χ3v) is 9.14. The van der Waals surface area contributed by atoms with Gasteiger partial charge < -0.3 is 9.22 Å². The van der Waals surface area contributed by atoms with Crippen LogP contribution in [0.2, 0.25) is 0 Å². The van der Waals surface area contributed by atoms with Crippen LogP contribution in [0.1, 0.15) is 29.7 Å². The molecule has 0 spiro atoms. The fraction of sp³-hybridized carbons (Fsp3) is 0.393. The highest BCUT2D eigenvalue weighted by molar-refractivity contribution is 9.10. The number of carbonyl (C=O) groups excluding carboxylic acids is 1. The summed E-state index contributed by atoms with van der Waals surface area (Å²) in [4.78, 5) is 16.4. The largest absolute Gasteiger partial charge is 0.440 e. The molecule has 6 heteroatoms. The molecule has 0 saturated carbocycles. The zero-order chi connectivity index (χ0) is 23.4. The second-order valence-corrected chi connectivity index (χ2v) is 11.6. The normalized spacial score (nSPS) is 23.6. The zero-order valence-electron chi connectivity index (χ0n) is 19.4. The van der Waals surface area contributed by atoms with E-state index in [1.54, 1.807) is 16.2 Å². The van der Waals surface area contributed by atoms with E-state index < -0.39 is 0 Å². The first kappa shape index (κ1) is 23.6. The maximum absolute atomic E-state index is 13.5. The number of aryl methyl sites for hydroxylation is 1. The Bertz CT molecular complexity index is 1080. The second kappa shape index (κ2) is 10.6. The second-order valence-electron chi connectivity index (χ2n) is 9.70. The summed E-state index contributed by atoms with van der Waals surface area (Å²) in [6.45, 7) is 5.09. The van der Waals surface area contributed by atoms with E-state index in [0.717, 1.165) is 45.3 Å². The van der Waals surface area contributed by atoms with Crippen molar-refractivity contribution in [2.24, 2.45) is 5.92 Å². The first-order valence-electron chi connectivity index (χ1n) is 12.3. The number of amides is 1. The lowest BCUT2D eigenvalue weighted by Gasteiger charge is -2.52. The van der Waals surface area contributed by atoms with Gasteiger partial charge in [0, 0.05) is 45.6 Å². The van der Waals surface area contributed by atoms with Crippen molar-refractivity contribution in [2.75, 3.05) is 31.1 Å². The first-order chi connectivity index (χ1) is 16.6. The summed E-state index contributed by atoms with van der Waals surface area (Å²) in [5.74, 6) is 0.492. The topological polar surface area (TPSA) is 29.5 Å². The average molecular weight is 541 g/mol. The van der Waals surface area contributed by atoms with Crippen molar-refractivity contribution < 1.29 is 14.0 Å². The number of hydrogen-bond donors (Lipinski definition) is 0. The standard InChI is InChI=1S/C28H32BrN2O2S/c29-24-18-26(34-21-24)19-30(25-11-5-2-6-12-25)28(32)33-27-20-31(16-13-23(27)14-17-31)15-7-10-22-8-3-1-4-9-22/h1-6,8-9,11-12,18,21,23,27H,7,10,13-17,19-20H2/q+1/t23?,27-,31?/m0/s1. The highest BCUT2D eigenvalue weighted by Crippen LogP contribution is 2.36. The molecule has 4 heterocycles. The Balaban J connectivity index is 1.25. The molecule has 2 aromatic carbocycles. The number of ether oxygens (including phenoxy) is 1. The molecule has 1 aromatic heterocycles. The molecule has 1 amide bonds. The molecule has 3 aliphatic rings. The third-order valence-electron chi connectivity index (χ3n) is 7.46.